The first-order valence-corrected chi connectivity index (χ1v) is 7.05. The van der Waals surface area contributed by atoms with E-state index in [0.717, 1.165) is 11.8 Å². The van der Waals surface area contributed by atoms with E-state index in [1.54, 1.807) is 0 Å². The summed E-state index contributed by atoms with van der Waals surface area (Å²) < 4.78 is 5.51. The largest absolute Gasteiger partial charge is 0.475 e. The lowest BCUT2D eigenvalue weighted by Crippen LogP contribution is -2.45. The Morgan fingerprint density at radius 3 is 3.00 bits per heavy atom. The predicted octanol–water partition coefficient (Wildman–Crippen LogP) is 1.94. The molecule has 3 rings (SSSR count). The number of para-hydroxylation sites is 1. The second kappa shape index (κ2) is 5.65. The van der Waals surface area contributed by atoms with Crippen LogP contribution in [-0.2, 0) is 4.74 Å². The number of carboxylic acid groups (broad SMARTS) is 1. The van der Waals surface area contributed by atoms with Gasteiger partial charge >= 0.3 is 5.97 Å². The second-order valence-corrected chi connectivity index (χ2v) is 5.02. The molecule has 6 nitrogen and oxygen atoms in total. The fourth-order valence-corrected chi connectivity index (χ4v) is 2.65. The summed E-state index contributed by atoms with van der Waals surface area (Å²) >= 11 is 0. The van der Waals surface area contributed by atoms with E-state index in [2.05, 4.69) is 21.8 Å². The molecule has 0 aliphatic carbocycles. The summed E-state index contributed by atoms with van der Waals surface area (Å²) in [7, 11) is 0. The molecule has 0 amide bonds. The number of aromatic nitrogens is 2. The average molecular weight is 287 g/mol. The van der Waals surface area contributed by atoms with Gasteiger partial charge in [0.25, 0.3) is 0 Å². The highest BCUT2D eigenvalue weighted by atomic mass is 16.5. The standard InChI is InChI=1S/C15H17N3O3/c1-2-10-9-21-8-7-18(10)14-11-5-3-4-6-12(11)16-13(17-14)15(19)20/h3-6,10H,2,7-9H2,1H3,(H,19,20). The molecule has 1 atom stereocenters. The maximum atomic E-state index is 11.3. The van der Waals surface area contributed by atoms with Crippen LogP contribution in [0, 0.1) is 0 Å². The Hall–Kier alpha value is -2.21. The third-order valence-electron chi connectivity index (χ3n) is 3.75. The fourth-order valence-electron chi connectivity index (χ4n) is 2.65. The lowest BCUT2D eigenvalue weighted by Gasteiger charge is -2.36. The summed E-state index contributed by atoms with van der Waals surface area (Å²) in [5.41, 5.74) is 0.654. The van der Waals surface area contributed by atoms with E-state index < -0.39 is 5.97 Å². The fraction of sp³-hybridized carbons (Fsp3) is 0.400. The molecular weight excluding hydrogens is 270 g/mol. The Labute approximate surface area is 122 Å². The molecule has 6 heteroatoms. The number of aromatic carboxylic acids is 1. The van der Waals surface area contributed by atoms with E-state index in [1.165, 1.54) is 0 Å². The number of hydrogen-bond donors (Lipinski definition) is 1. The summed E-state index contributed by atoms with van der Waals surface area (Å²) in [4.78, 5) is 21.8. The first kappa shape index (κ1) is 13.8. The zero-order valence-corrected chi connectivity index (χ0v) is 11.8. The van der Waals surface area contributed by atoms with Gasteiger partial charge in [0.05, 0.1) is 24.8 Å². The molecule has 1 unspecified atom stereocenters. The number of benzene rings is 1. The second-order valence-electron chi connectivity index (χ2n) is 5.02. The third kappa shape index (κ3) is 2.54. The molecule has 1 aliphatic heterocycles. The summed E-state index contributed by atoms with van der Waals surface area (Å²) in [6.07, 6.45) is 0.917. The van der Waals surface area contributed by atoms with Crippen molar-refractivity contribution in [3.63, 3.8) is 0 Å². The Kier molecular flexibility index (Phi) is 3.70. The highest BCUT2D eigenvalue weighted by Crippen LogP contribution is 2.27. The van der Waals surface area contributed by atoms with Crippen LogP contribution in [0.4, 0.5) is 5.82 Å². The highest BCUT2D eigenvalue weighted by Gasteiger charge is 2.25. The maximum Gasteiger partial charge on any atom is 0.374 e. The Morgan fingerprint density at radius 2 is 2.24 bits per heavy atom. The van der Waals surface area contributed by atoms with Gasteiger partial charge in [0, 0.05) is 11.9 Å². The number of anilines is 1. The van der Waals surface area contributed by atoms with E-state index in [0.29, 0.717) is 31.1 Å². The Bertz CT molecular complexity index is 674. The minimum Gasteiger partial charge on any atom is -0.475 e. The van der Waals surface area contributed by atoms with Crippen LogP contribution in [0.25, 0.3) is 10.9 Å². The van der Waals surface area contributed by atoms with Crippen molar-refractivity contribution in [3.8, 4) is 0 Å². The first-order chi connectivity index (χ1) is 10.2. The van der Waals surface area contributed by atoms with E-state index in [1.807, 2.05) is 24.3 Å². The molecule has 1 fully saturated rings. The van der Waals surface area contributed by atoms with Crippen molar-refractivity contribution in [1.29, 1.82) is 0 Å². The smallest absolute Gasteiger partial charge is 0.374 e. The number of hydrogen-bond acceptors (Lipinski definition) is 5. The number of nitrogens with zero attached hydrogens (tertiary/aromatic N) is 3. The van der Waals surface area contributed by atoms with Crippen LogP contribution in [-0.4, -0.2) is 46.8 Å². The van der Waals surface area contributed by atoms with Crippen LogP contribution in [0.15, 0.2) is 24.3 Å². The van der Waals surface area contributed by atoms with E-state index in [4.69, 9.17) is 4.74 Å². The topological polar surface area (TPSA) is 75.5 Å². The van der Waals surface area contributed by atoms with Gasteiger partial charge in [0.2, 0.25) is 5.82 Å². The molecule has 1 aliphatic rings. The molecule has 2 aromatic rings. The molecule has 1 aromatic heterocycles. The van der Waals surface area contributed by atoms with Crippen molar-refractivity contribution in [2.24, 2.45) is 0 Å². The Balaban J connectivity index is 2.17. The molecular formula is C15H17N3O3. The molecule has 1 aromatic carbocycles. The van der Waals surface area contributed by atoms with Gasteiger partial charge in [-0.3, -0.25) is 0 Å². The lowest BCUT2D eigenvalue weighted by atomic mass is 10.1. The van der Waals surface area contributed by atoms with Crippen LogP contribution in [0.1, 0.15) is 24.0 Å². The van der Waals surface area contributed by atoms with Crippen LogP contribution >= 0.6 is 0 Å². The van der Waals surface area contributed by atoms with Crippen LogP contribution < -0.4 is 4.90 Å². The average Bonchev–Trinajstić information content (AvgIpc) is 2.53. The van der Waals surface area contributed by atoms with Gasteiger partial charge in [-0.1, -0.05) is 19.1 Å². The lowest BCUT2D eigenvalue weighted by molar-refractivity contribution is 0.0683. The first-order valence-electron chi connectivity index (χ1n) is 7.05. The van der Waals surface area contributed by atoms with Crippen LogP contribution in [0.5, 0.6) is 0 Å². The minimum atomic E-state index is -1.11. The van der Waals surface area contributed by atoms with Gasteiger partial charge in [-0.15, -0.1) is 0 Å². The van der Waals surface area contributed by atoms with Crippen LogP contribution in [0.2, 0.25) is 0 Å². The normalized spacial score (nSPS) is 18.9. The zero-order chi connectivity index (χ0) is 14.8. The Morgan fingerprint density at radius 1 is 1.43 bits per heavy atom. The number of rotatable bonds is 3. The van der Waals surface area contributed by atoms with Gasteiger partial charge in [-0.2, -0.15) is 0 Å². The molecule has 0 radical (unpaired) electrons. The molecule has 0 spiro atoms. The SMILES string of the molecule is CCC1COCCN1c1nc(C(=O)O)nc2ccccc12. The van der Waals surface area contributed by atoms with Gasteiger partial charge in [0.15, 0.2) is 0 Å². The van der Waals surface area contributed by atoms with E-state index in [-0.39, 0.29) is 11.9 Å². The number of ether oxygens (including phenoxy) is 1. The maximum absolute atomic E-state index is 11.3. The molecule has 0 saturated carbocycles. The quantitative estimate of drug-likeness (QED) is 0.929. The van der Waals surface area contributed by atoms with E-state index >= 15 is 0 Å². The molecule has 0 bridgehead atoms. The van der Waals surface area contributed by atoms with Crippen molar-refractivity contribution < 1.29 is 14.6 Å². The monoisotopic (exact) mass is 287 g/mol. The summed E-state index contributed by atoms with van der Waals surface area (Å²) in [5.74, 6) is -0.582. The summed E-state index contributed by atoms with van der Waals surface area (Å²) in [6.45, 7) is 4.06. The molecule has 2 heterocycles. The van der Waals surface area contributed by atoms with Crippen molar-refractivity contribution in [1.82, 2.24) is 9.97 Å². The van der Waals surface area contributed by atoms with Crippen molar-refractivity contribution in [3.05, 3.63) is 30.1 Å². The highest BCUT2D eigenvalue weighted by molar-refractivity contribution is 5.94. The zero-order valence-electron chi connectivity index (χ0n) is 11.8. The van der Waals surface area contributed by atoms with Crippen molar-refractivity contribution in [2.45, 2.75) is 19.4 Å². The molecule has 21 heavy (non-hydrogen) atoms. The van der Waals surface area contributed by atoms with Gasteiger partial charge in [-0.25, -0.2) is 14.8 Å². The number of morpholine rings is 1. The number of carboxylic acids is 1. The predicted molar refractivity (Wildman–Crippen MR) is 78.7 cm³/mol. The van der Waals surface area contributed by atoms with Gasteiger partial charge in [0.1, 0.15) is 5.82 Å². The summed E-state index contributed by atoms with van der Waals surface area (Å²) in [5, 5.41) is 10.1. The number of carbonyl (C=O) groups is 1. The van der Waals surface area contributed by atoms with E-state index in [9.17, 15) is 9.90 Å². The van der Waals surface area contributed by atoms with Crippen molar-refractivity contribution >= 4 is 22.7 Å². The van der Waals surface area contributed by atoms with Gasteiger partial charge < -0.3 is 14.7 Å². The molecule has 1 N–H and O–H groups in total. The third-order valence-corrected chi connectivity index (χ3v) is 3.75. The number of fused-ring (bicyclic) bond motifs is 1. The van der Waals surface area contributed by atoms with Crippen molar-refractivity contribution in [2.75, 3.05) is 24.7 Å². The van der Waals surface area contributed by atoms with Crippen LogP contribution in [0.3, 0.4) is 0 Å². The minimum absolute atomic E-state index is 0.162. The molecule has 1 saturated heterocycles. The summed E-state index contributed by atoms with van der Waals surface area (Å²) in [6, 6.07) is 7.71. The van der Waals surface area contributed by atoms with Gasteiger partial charge in [-0.05, 0) is 18.6 Å². The molecule has 110 valence electrons.